The minimum absolute atomic E-state index is 0.0993. The van der Waals surface area contributed by atoms with Crippen molar-refractivity contribution in [3.63, 3.8) is 0 Å². The quantitative estimate of drug-likeness (QED) is 0.401. The Morgan fingerprint density at radius 1 is 1.22 bits per heavy atom. The fraction of sp³-hybridized carbons (Fsp3) is 0.778. The van der Waals surface area contributed by atoms with E-state index in [1.807, 2.05) is 19.9 Å². The number of Topliss-reactive ketones (excluding diaryl/α,β-unsaturated/α-hetero) is 1. The van der Waals surface area contributed by atoms with E-state index in [1.54, 1.807) is 14.2 Å². The van der Waals surface area contributed by atoms with Gasteiger partial charge in [-0.25, -0.2) is 0 Å². The van der Waals surface area contributed by atoms with Crippen molar-refractivity contribution >= 4 is 11.8 Å². The van der Waals surface area contributed by atoms with Gasteiger partial charge < -0.3 is 14.2 Å². The highest BCUT2D eigenvalue weighted by Gasteiger charge is 2.58. The monoisotopic (exact) mass is 448 g/mol. The van der Waals surface area contributed by atoms with Crippen LogP contribution < -0.4 is 0 Å². The van der Waals surface area contributed by atoms with E-state index in [0.29, 0.717) is 6.42 Å². The molecule has 0 bridgehead atoms. The van der Waals surface area contributed by atoms with Gasteiger partial charge in [0.2, 0.25) is 0 Å². The molecule has 0 aromatic heterocycles. The molecular weight excluding hydrogens is 404 g/mol. The first-order chi connectivity index (χ1) is 15.2. The molecule has 5 unspecified atom stereocenters. The van der Waals surface area contributed by atoms with Crippen LogP contribution in [0.2, 0.25) is 0 Å². The number of esters is 1. The van der Waals surface area contributed by atoms with Crippen molar-refractivity contribution in [2.75, 3.05) is 14.2 Å². The van der Waals surface area contributed by atoms with Gasteiger partial charge in [0.15, 0.2) is 0 Å². The van der Waals surface area contributed by atoms with Gasteiger partial charge in [-0.15, -0.1) is 0 Å². The number of carbonyl (C=O) groups excluding carboxylic acids is 2. The Hall–Kier alpha value is -1.46. The summed E-state index contributed by atoms with van der Waals surface area (Å²) in [6.07, 6.45) is 9.59. The van der Waals surface area contributed by atoms with Crippen molar-refractivity contribution in [1.29, 1.82) is 0 Å². The molecule has 0 aromatic carbocycles. The van der Waals surface area contributed by atoms with Crippen LogP contribution in [0.25, 0.3) is 0 Å². The molecule has 5 atom stereocenters. The summed E-state index contributed by atoms with van der Waals surface area (Å²) in [6.45, 7) is 10.4. The summed E-state index contributed by atoms with van der Waals surface area (Å²) in [4.78, 5) is 26.6. The Labute approximate surface area is 195 Å². The van der Waals surface area contributed by atoms with E-state index < -0.39 is 11.5 Å². The van der Waals surface area contributed by atoms with Crippen molar-refractivity contribution < 1.29 is 23.8 Å². The predicted octanol–water partition coefficient (Wildman–Crippen LogP) is 5.82. The molecule has 1 heterocycles. The first-order valence-corrected chi connectivity index (χ1v) is 12.3. The fourth-order valence-electron chi connectivity index (χ4n) is 5.43. The summed E-state index contributed by atoms with van der Waals surface area (Å²) in [5.74, 6) is -0.0866. The van der Waals surface area contributed by atoms with Crippen molar-refractivity contribution in [1.82, 2.24) is 0 Å². The average Bonchev–Trinajstić information content (AvgIpc) is 3.57. The van der Waals surface area contributed by atoms with Crippen LogP contribution in [-0.4, -0.2) is 44.3 Å². The van der Waals surface area contributed by atoms with E-state index in [-0.39, 0.29) is 42.2 Å². The second kappa shape index (κ2) is 12.1. The first-order valence-electron chi connectivity index (χ1n) is 12.3. The zero-order valence-corrected chi connectivity index (χ0v) is 21.2. The molecule has 1 spiro atoms. The standard InChI is InChI=1S/C27H44O5/c1-8-21(9-2)22-14-13-18(3)11-10-12-19(4)25(31-7)20(5)26(29)27(15-16-27)23(30-6)17-24(28)32-22/h8,13,19-20,22-23,25H,9-12,14-17H2,1-7H3/b18-13-,21-8+. The van der Waals surface area contributed by atoms with Crippen LogP contribution in [-0.2, 0) is 23.8 Å². The minimum atomic E-state index is -0.596. The number of ether oxygens (including phenoxy) is 3. The molecule has 2 aliphatic rings. The summed E-state index contributed by atoms with van der Waals surface area (Å²) >= 11 is 0. The van der Waals surface area contributed by atoms with Gasteiger partial charge in [0.25, 0.3) is 0 Å². The summed E-state index contributed by atoms with van der Waals surface area (Å²) in [5.41, 5.74) is 1.84. The van der Waals surface area contributed by atoms with Crippen LogP contribution in [0.1, 0.15) is 86.0 Å². The second-order valence-electron chi connectivity index (χ2n) is 9.79. The largest absolute Gasteiger partial charge is 0.457 e. The summed E-state index contributed by atoms with van der Waals surface area (Å²) in [6, 6.07) is 0. The van der Waals surface area contributed by atoms with E-state index >= 15 is 0 Å². The van der Waals surface area contributed by atoms with Crippen LogP contribution in [0.4, 0.5) is 0 Å². The number of ketones is 1. The molecular formula is C27H44O5. The number of methoxy groups -OCH3 is 2. The zero-order valence-electron chi connectivity index (χ0n) is 21.2. The smallest absolute Gasteiger partial charge is 0.309 e. The number of hydrogen-bond donors (Lipinski definition) is 0. The maximum Gasteiger partial charge on any atom is 0.309 e. The Bertz CT molecular complexity index is 703. The first kappa shape index (κ1) is 26.8. The molecule has 5 heteroatoms. The molecule has 0 N–H and O–H groups in total. The molecule has 182 valence electrons. The van der Waals surface area contributed by atoms with E-state index in [1.165, 1.54) is 5.57 Å². The third-order valence-corrected chi connectivity index (χ3v) is 7.65. The van der Waals surface area contributed by atoms with Gasteiger partial charge in [0, 0.05) is 26.6 Å². The third kappa shape index (κ3) is 6.32. The maximum absolute atomic E-state index is 13.6. The fourth-order valence-corrected chi connectivity index (χ4v) is 5.43. The molecule has 1 saturated carbocycles. The lowest BCUT2D eigenvalue weighted by molar-refractivity contribution is -0.153. The maximum atomic E-state index is 13.6. The van der Waals surface area contributed by atoms with E-state index in [4.69, 9.17) is 14.2 Å². The zero-order chi connectivity index (χ0) is 23.9. The van der Waals surface area contributed by atoms with E-state index in [2.05, 4.69) is 26.8 Å². The highest BCUT2D eigenvalue weighted by molar-refractivity contribution is 5.91. The number of allylic oxidation sites excluding steroid dienone is 2. The Kier molecular flexibility index (Phi) is 10.2. The topological polar surface area (TPSA) is 61.8 Å². The molecule has 0 aromatic rings. The predicted molar refractivity (Wildman–Crippen MR) is 127 cm³/mol. The third-order valence-electron chi connectivity index (χ3n) is 7.65. The molecule has 32 heavy (non-hydrogen) atoms. The molecule has 1 aliphatic carbocycles. The lowest BCUT2D eigenvalue weighted by Crippen LogP contribution is -2.43. The summed E-state index contributed by atoms with van der Waals surface area (Å²) < 4.78 is 17.5. The van der Waals surface area contributed by atoms with Crippen molar-refractivity contribution in [2.45, 2.75) is 104 Å². The molecule has 0 saturated heterocycles. The molecule has 2 rings (SSSR count). The molecule has 0 amide bonds. The van der Waals surface area contributed by atoms with Gasteiger partial charge >= 0.3 is 5.97 Å². The van der Waals surface area contributed by atoms with Crippen LogP contribution in [0.5, 0.6) is 0 Å². The van der Waals surface area contributed by atoms with Gasteiger partial charge in [-0.3, -0.25) is 9.59 Å². The lowest BCUT2D eigenvalue weighted by atomic mass is 9.78. The van der Waals surface area contributed by atoms with Crippen LogP contribution in [0.15, 0.2) is 23.3 Å². The average molecular weight is 449 g/mol. The van der Waals surface area contributed by atoms with Gasteiger partial charge in [-0.2, -0.15) is 0 Å². The van der Waals surface area contributed by atoms with Gasteiger partial charge in [0.05, 0.1) is 24.0 Å². The highest BCUT2D eigenvalue weighted by atomic mass is 16.5. The highest BCUT2D eigenvalue weighted by Crippen LogP contribution is 2.54. The van der Waals surface area contributed by atoms with E-state index in [9.17, 15) is 9.59 Å². The Balaban J connectivity index is 2.35. The summed E-state index contributed by atoms with van der Waals surface area (Å²) in [7, 11) is 3.30. The number of carbonyl (C=O) groups is 2. The lowest BCUT2D eigenvalue weighted by Gasteiger charge is -2.33. The van der Waals surface area contributed by atoms with Crippen molar-refractivity contribution in [3.05, 3.63) is 23.3 Å². The number of cyclic esters (lactones) is 1. The van der Waals surface area contributed by atoms with Crippen LogP contribution >= 0.6 is 0 Å². The normalized spacial score (nSPS) is 34.7. The second-order valence-corrected chi connectivity index (χ2v) is 9.79. The summed E-state index contributed by atoms with van der Waals surface area (Å²) in [5, 5.41) is 0. The van der Waals surface area contributed by atoms with Crippen molar-refractivity contribution in [3.8, 4) is 0 Å². The molecule has 5 nitrogen and oxygen atoms in total. The Morgan fingerprint density at radius 3 is 2.44 bits per heavy atom. The van der Waals surface area contributed by atoms with Crippen LogP contribution in [0.3, 0.4) is 0 Å². The molecule has 1 aliphatic heterocycles. The van der Waals surface area contributed by atoms with Crippen LogP contribution in [0, 0.1) is 17.3 Å². The van der Waals surface area contributed by atoms with Gasteiger partial charge in [0.1, 0.15) is 11.9 Å². The molecule has 0 radical (unpaired) electrons. The van der Waals surface area contributed by atoms with Gasteiger partial charge in [-0.1, -0.05) is 38.5 Å². The number of rotatable bonds is 4. The van der Waals surface area contributed by atoms with E-state index in [0.717, 1.165) is 44.1 Å². The molecule has 1 fully saturated rings. The number of hydrogen-bond acceptors (Lipinski definition) is 5. The minimum Gasteiger partial charge on any atom is -0.457 e. The van der Waals surface area contributed by atoms with Crippen molar-refractivity contribution in [2.24, 2.45) is 17.3 Å². The van der Waals surface area contributed by atoms with Gasteiger partial charge in [-0.05, 0) is 63.9 Å². The SMILES string of the molecule is C/C=C(\CC)C1C/C=C(/C)CCCC(C)C(OC)C(C)C(=O)C2(CC2)C(OC)CC(=O)O1. The Morgan fingerprint density at radius 2 is 1.91 bits per heavy atom.